The van der Waals surface area contributed by atoms with Crippen molar-refractivity contribution in [1.82, 2.24) is 0 Å². The van der Waals surface area contributed by atoms with Crippen molar-refractivity contribution in [2.75, 3.05) is 18.1 Å². The van der Waals surface area contributed by atoms with Crippen LogP contribution >= 0.6 is 11.8 Å². The molecule has 0 aliphatic carbocycles. The molecule has 1 atom stereocenters. The molecule has 1 unspecified atom stereocenters. The van der Waals surface area contributed by atoms with E-state index < -0.39 is 0 Å². The average Bonchev–Trinajstić information content (AvgIpc) is 2.66. The van der Waals surface area contributed by atoms with Crippen LogP contribution in [0, 0.1) is 0 Å². The fourth-order valence-electron chi connectivity index (χ4n) is 2.05. The Balaban J connectivity index is 2.09. The van der Waals surface area contributed by atoms with Crippen molar-refractivity contribution in [2.45, 2.75) is 30.5 Å². The van der Waals surface area contributed by atoms with Crippen molar-refractivity contribution in [3.63, 3.8) is 0 Å². The van der Waals surface area contributed by atoms with Crippen LogP contribution in [0.25, 0.3) is 0 Å². The van der Waals surface area contributed by atoms with E-state index in [0.717, 1.165) is 6.54 Å². The normalized spacial score (nSPS) is 18.0. The van der Waals surface area contributed by atoms with Gasteiger partial charge in [-0.2, -0.15) is 0 Å². The Kier molecular flexibility index (Phi) is 3.94. The minimum absolute atomic E-state index is 0.115. The number of ether oxygens (including phenoxy) is 1. The number of thioether (sulfide) groups is 1. The topological polar surface area (TPSA) is 29.5 Å². The third-order valence-electron chi connectivity index (χ3n) is 2.77. The number of benzene rings is 1. The largest absolute Gasteiger partial charge is 0.466 e. The van der Waals surface area contributed by atoms with Gasteiger partial charge in [-0.25, -0.2) is 0 Å². The molecule has 0 bridgehead atoms. The van der Waals surface area contributed by atoms with Crippen LogP contribution in [0.5, 0.6) is 0 Å². The van der Waals surface area contributed by atoms with Crippen molar-refractivity contribution < 1.29 is 9.53 Å². The summed E-state index contributed by atoms with van der Waals surface area (Å²) in [7, 11) is 0. The first-order valence-corrected chi connectivity index (χ1v) is 6.82. The Morgan fingerprint density at radius 2 is 2.18 bits per heavy atom. The molecule has 0 radical (unpaired) electrons. The van der Waals surface area contributed by atoms with E-state index in [1.165, 1.54) is 10.6 Å². The number of fused-ring (bicyclic) bond motifs is 1. The lowest BCUT2D eigenvalue weighted by Gasteiger charge is -2.24. The van der Waals surface area contributed by atoms with Gasteiger partial charge in [0.1, 0.15) is 0 Å². The summed E-state index contributed by atoms with van der Waals surface area (Å²) in [5.74, 6) is -0.115. The molecule has 0 saturated carbocycles. The van der Waals surface area contributed by atoms with Crippen molar-refractivity contribution >= 4 is 23.4 Å². The van der Waals surface area contributed by atoms with Gasteiger partial charge < -0.3 is 9.64 Å². The summed E-state index contributed by atoms with van der Waals surface area (Å²) in [6, 6.07) is 8.28. The molecule has 1 heterocycles. The van der Waals surface area contributed by atoms with Crippen molar-refractivity contribution in [2.24, 2.45) is 0 Å². The molecule has 92 valence electrons. The van der Waals surface area contributed by atoms with E-state index in [9.17, 15) is 4.79 Å². The second-order valence-electron chi connectivity index (χ2n) is 3.84. The Morgan fingerprint density at radius 3 is 2.88 bits per heavy atom. The molecular weight excluding hydrogens is 234 g/mol. The molecule has 1 aliphatic heterocycles. The summed E-state index contributed by atoms with van der Waals surface area (Å²) < 4.78 is 5.02. The molecule has 0 amide bonds. The van der Waals surface area contributed by atoms with Crippen LogP contribution < -0.4 is 4.90 Å². The maximum absolute atomic E-state index is 11.5. The van der Waals surface area contributed by atoms with Crippen molar-refractivity contribution in [3.8, 4) is 0 Å². The minimum atomic E-state index is -0.115. The molecule has 0 fully saturated rings. The molecular formula is C13H17NO2S. The minimum Gasteiger partial charge on any atom is -0.466 e. The first-order chi connectivity index (χ1) is 8.26. The molecule has 1 aliphatic rings. The Labute approximate surface area is 106 Å². The first kappa shape index (κ1) is 12.3. The first-order valence-electron chi connectivity index (χ1n) is 5.94. The van der Waals surface area contributed by atoms with Gasteiger partial charge in [0.05, 0.1) is 24.1 Å². The summed E-state index contributed by atoms with van der Waals surface area (Å²) >= 11 is 1.75. The molecule has 17 heavy (non-hydrogen) atoms. The lowest BCUT2D eigenvalue weighted by Crippen LogP contribution is -2.31. The van der Waals surface area contributed by atoms with Crippen LogP contribution in [0.3, 0.4) is 0 Å². The van der Waals surface area contributed by atoms with Gasteiger partial charge in [-0.15, -0.1) is 0 Å². The highest BCUT2D eigenvalue weighted by Gasteiger charge is 2.30. The van der Waals surface area contributed by atoms with Gasteiger partial charge in [0, 0.05) is 11.4 Å². The van der Waals surface area contributed by atoms with Crippen LogP contribution in [0.15, 0.2) is 29.2 Å². The van der Waals surface area contributed by atoms with Gasteiger partial charge in [-0.1, -0.05) is 23.9 Å². The van der Waals surface area contributed by atoms with E-state index in [-0.39, 0.29) is 11.3 Å². The highest BCUT2D eigenvalue weighted by atomic mass is 32.2. The van der Waals surface area contributed by atoms with Crippen LogP contribution in [0.4, 0.5) is 5.69 Å². The van der Waals surface area contributed by atoms with Gasteiger partial charge in [-0.05, 0) is 26.0 Å². The van der Waals surface area contributed by atoms with Crippen LogP contribution in [-0.4, -0.2) is 24.5 Å². The van der Waals surface area contributed by atoms with E-state index in [4.69, 9.17) is 4.74 Å². The van der Waals surface area contributed by atoms with E-state index in [1.54, 1.807) is 11.8 Å². The predicted octanol–water partition coefficient (Wildman–Crippen LogP) is 2.90. The molecule has 0 saturated heterocycles. The van der Waals surface area contributed by atoms with Crippen LogP contribution in [0.1, 0.15) is 20.3 Å². The molecule has 3 nitrogen and oxygen atoms in total. The smallest absolute Gasteiger partial charge is 0.308 e. The fraction of sp³-hybridized carbons (Fsp3) is 0.462. The van der Waals surface area contributed by atoms with Crippen molar-refractivity contribution in [3.05, 3.63) is 24.3 Å². The lowest BCUT2D eigenvalue weighted by molar-refractivity contribution is -0.143. The summed E-state index contributed by atoms with van der Waals surface area (Å²) in [6.45, 7) is 5.32. The number of carbonyl (C=O) groups is 1. The van der Waals surface area contributed by atoms with Crippen LogP contribution in [0.2, 0.25) is 0 Å². The van der Waals surface area contributed by atoms with E-state index >= 15 is 0 Å². The second kappa shape index (κ2) is 5.45. The number of hydrogen-bond acceptors (Lipinski definition) is 4. The van der Waals surface area contributed by atoms with Crippen molar-refractivity contribution in [1.29, 1.82) is 0 Å². The Hall–Kier alpha value is -1.16. The molecule has 1 aromatic carbocycles. The standard InChI is InChI=1S/C13H17NO2S/c1-3-14-10-7-5-6-8-11(10)17-12(14)9-13(15)16-4-2/h5-8,12H,3-4,9H2,1-2H3. The summed E-state index contributed by atoms with van der Waals surface area (Å²) in [4.78, 5) is 15.1. The zero-order valence-corrected chi connectivity index (χ0v) is 11.0. The zero-order chi connectivity index (χ0) is 12.3. The molecule has 0 N–H and O–H groups in total. The highest BCUT2D eigenvalue weighted by molar-refractivity contribution is 8.00. The summed E-state index contributed by atoms with van der Waals surface area (Å²) in [6.07, 6.45) is 0.445. The SMILES string of the molecule is CCOC(=O)CC1Sc2ccccc2N1CC. The molecule has 1 aromatic rings. The molecule has 2 rings (SSSR count). The summed E-state index contributed by atoms with van der Waals surface area (Å²) in [5.41, 5.74) is 1.23. The predicted molar refractivity (Wildman–Crippen MR) is 70.4 cm³/mol. The second-order valence-corrected chi connectivity index (χ2v) is 5.06. The summed E-state index contributed by atoms with van der Waals surface area (Å²) in [5, 5.41) is 0.177. The highest BCUT2D eigenvalue weighted by Crippen LogP contribution is 2.44. The monoisotopic (exact) mass is 251 g/mol. The average molecular weight is 251 g/mol. The Bertz CT molecular complexity index is 408. The maximum Gasteiger partial charge on any atom is 0.308 e. The molecule has 0 aromatic heterocycles. The van der Waals surface area contributed by atoms with E-state index in [0.29, 0.717) is 13.0 Å². The van der Waals surface area contributed by atoms with Gasteiger partial charge in [0.15, 0.2) is 0 Å². The third kappa shape index (κ3) is 2.57. The third-order valence-corrected chi connectivity index (χ3v) is 4.06. The number of anilines is 1. The Morgan fingerprint density at radius 1 is 1.41 bits per heavy atom. The maximum atomic E-state index is 11.5. The van der Waals surface area contributed by atoms with Gasteiger partial charge in [-0.3, -0.25) is 4.79 Å². The number of esters is 1. The number of hydrogen-bond donors (Lipinski definition) is 0. The number of carbonyl (C=O) groups excluding carboxylic acids is 1. The number of rotatable bonds is 4. The quantitative estimate of drug-likeness (QED) is 0.770. The zero-order valence-electron chi connectivity index (χ0n) is 10.2. The van der Waals surface area contributed by atoms with Gasteiger partial charge in [0.2, 0.25) is 0 Å². The van der Waals surface area contributed by atoms with E-state index in [1.807, 2.05) is 19.1 Å². The number of para-hydroxylation sites is 1. The number of nitrogens with zero attached hydrogens (tertiary/aromatic N) is 1. The molecule has 4 heteroatoms. The lowest BCUT2D eigenvalue weighted by atomic mass is 10.2. The fourth-order valence-corrected chi connectivity index (χ4v) is 3.41. The van der Waals surface area contributed by atoms with Crippen LogP contribution in [-0.2, 0) is 9.53 Å². The van der Waals surface area contributed by atoms with Gasteiger partial charge >= 0.3 is 5.97 Å². The molecule has 0 spiro atoms. The van der Waals surface area contributed by atoms with Gasteiger partial charge in [0.25, 0.3) is 0 Å². The van der Waals surface area contributed by atoms with E-state index in [2.05, 4.69) is 24.0 Å².